The van der Waals surface area contributed by atoms with Crippen LogP contribution in [0.2, 0.25) is 0 Å². The first kappa shape index (κ1) is 20.2. The van der Waals surface area contributed by atoms with Crippen LogP contribution in [0.5, 0.6) is 11.6 Å². The highest BCUT2D eigenvalue weighted by Gasteiger charge is 2.23. The van der Waals surface area contributed by atoms with Gasteiger partial charge in [0.2, 0.25) is 5.88 Å². The van der Waals surface area contributed by atoms with E-state index >= 15 is 0 Å². The maximum Gasteiger partial charge on any atom is 0.338 e. The minimum Gasteiger partial charge on any atom is -0.452 e. The second-order valence-corrected chi connectivity index (χ2v) is 6.68. The van der Waals surface area contributed by atoms with Gasteiger partial charge in [0.1, 0.15) is 11.6 Å². The Kier molecular flexibility index (Phi) is 6.26. The monoisotopic (exact) mass is 420 g/mol. The van der Waals surface area contributed by atoms with Gasteiger partial charge in [0.15, 0.2) is 6.61 Å². The molecule has 3 aromatic rings. The van der Waals surface area contributed by atoms with Crippen LogP contribution in [0.3, 0.4) is 0 Å². The Hall–Kier alpha value is -4.08. The van der Waals surface area contributed by atoms with Crippen molar-refractivity contribution >= 4 is 17.7 Å². The molecule has 3 heterocycles. The molecule has 1 amide bonds. The third-order valence-corrected chi connectivity index (χ3v) is 4.66. The topological polar surface area (TPSA) is 111 Å². The summed E-state index contributed by atoms with van der Waals surface area (Å²) >= 11 is 0. The summed E-state index contributed by atoms with van der Waals surface area (Å²) in [6.45, 7) is 2.00. The van der Waals surface area contributed by atoms with Crippen molar-refractivity contribution in [3.8, 4) is 11.6 Å². The molecule has 10 heteroatoms. The Bertz CT molecular complexity index is 1030. The molecule has 1 fully saturated rings. The minimum atomic E-state index is -0.601. The lowest BCUT2D eigenvalue weighted by Gasteiger charge is -2.35. The molecule has 1 saturated heterocycles. The molecular formula is C21H20N6O4. The number of ether oxygens (including phenoxy) is 2. The molecule has 1 aliphatic rings. The predicted molar refractivity (Wildman–Crippen MR) is 110 cm³/mol. The van der Waals surface area contributed by atoms with Crippen molar-refractivity contribution in [3.63, 3.8) is 0 Å². The predicted octanol–water partition coefficient (Wildman–Crippen LogP) is 1.56. The van der Waals surface area contributed by atoms with Gasteiger partial charge in [0.25, 0.3) is 5.91 Å². The van der Waals surface area contributed by atoms with Crippen LogP contribution in [0.1, 0.15) is 10.4 Å². The van der Waals surface area contributed by atoms with Crippen LogP contribution < -0.4 is 9.64 Å². The van der Waals surface area contributed by atoms with Gasteiger partial charge >= 0.3 is 5.97 Å². The third-order valence-electron chi connectivity index (χ3n) is 4.66. The fourth-order valence-electron chi connectivity index (χ4n) is 3.09. The molecule has 0 N–H and O–H groups in total. The lowest BCUT2D eigenvalue weighted by Crippen LogP contribution is -2.50. The molecule has 4 rings (SSSR count). The summed E-state index contributed by atoms with van der Waals surface area (Å²) in [5.41, 5.74) is 0.279. The highest BCUT2D eigenvalue weighted by atomic mass is 16.5. The number of hydrogen-bond acceptors (Lipinski definition) is 9. The summed E-state index contributed by atoms with van der Waals surface area (Å²) in [5.74, 6) is 0.671. The molecule has 1 aliphatic heterocycles. The van der Waals surface area contributed by atoms with Crippen LogP contribution in [-0.2, 0) is 9.53 Å². The Morgan fingerprint density at radius 3 is 2.42 bits per heavy atom. The van der Waals surface area contributed by atoms with Crippen molar-refractivity contribution in [1.82, 2.24) is 24.8 Å². The fourth-order valence-corrected chi connectivity index (χ4v) is 3.09. The van der Waals surface area contributed by atoms with Gasteiger partial charge in [0, 0.05) is 51.0 Å². The summed E-state index contributed by atoms with van der Waals surface area (Å²) < 4.78 is 10.8. The first-order chi connectivity index (χ1) is 15.2. The number of anilines is 1. The second kappa shape index (κ2) is 9.61. The van der Waals surface area contributed by atoms with Crippen LogP contribution in [0.25, 0.3) is 0 Å². The highest BCUT2D eigenvalue weighted by Crippen LogP contribution is 2.20. The van der Waals surface area contributed by atoms with E-state index in [4.69, 9.17) is 9.47 Å². The number of amides is 1. The molecule has 31 heavy (non-hydrogen) atoms. The van der Waals surface area contributed by atoms with Crippen molar-refractivity contribution in [2.45, 2.75) is 0 Å². The van der Waals surface area contributed by atoms with Gasteiger partial charge in [-0.2, -0.15) is 0 Å². The molecule has 1 aromatic carbocycles. The fraction of sp³-hybridized carbons (Fsp3) is 0.238. The molecule has 0 saturated carbocycles. The van der Waals surface area contributed by atoms with Gasteiger partial charge in [-0.05, 0) is 18.2 Å². The van der Waals surface area contributed by atoms with Crippen LogP contribution in [-0.4, -0.2) is 69.5 Å². The molecule has 2 aromatic heterocycles. The summed E-state index contributed by atoms with van der Waals surface area (Å²) in [5, 5.41) is 0. The summed E-state index contributed by atoms with van der Waals surface area (Å²) in [6, 6.07) is 6.47. The van der Waals surface area contributed by atoms with Gasteiger partial charge in [-0.3, -0.25) is 14.8 Å². The first-order valence-electron chi connectivity index (χ1n) is 9.69. The van der Waals surface area contributed by atoms with Crippen molar-refractivity contribution in [2.24, 2.45) is 0 Å². The SMILES string of the molecule is O=C(OCC(=O)N1CCN(c2cnccn2)CC1)c1cccc(Oc2cnccn2)c1. The van der Waals surface area contributed by atoms with Crippen molar-refractivity contribution in [1.29, 1.82) is 0 Å². The average molecular weight is 420 g/mol. The number of hydrogen-bond donors (Lipinski definition) is 0. The quantitative estimate of drug-likeness (QED) is 0.549. The van der Waals surface area contributed by atoms with Gasteiger partial charge in [0.05, 0.1) is 18.0 Å². The van der Waals surface area contributed by atoms with Crippen LogP contribution in [0.15, 0.2) is 61.4 Å². The van der Waals surface area contributed by atoms with Crippen molar-refractivity contribution in [2.75, 3.05) is 37.7 Å². The number of aromatic nitrogens is 4. The molecule has 0 spiro atoms. The maximum absolute atomic E-state index is 12.4. The van der Waals surface area contributed by atoms with E-state index in [2.05, 4.69) is 24.8 Å². The molecule has 0 aliphatic carbocycles. The zero-order valence-corrected chi connectivity index (χ0v) is 16.6. The molecule has 10 nitrogen and oxygen atoms in total. The summed E-state index contributed by atoms with van der Waals surface area (Å²) in [7, 11) is 0. The molecule has 0 bridgehead atoms. The van der Waals surface area contributed by atoms with Crippen LogP contribution in [0.4, 0.5) is 5.82 Å². The van der Waals surface area contributed by atoms with Crippen LogP contribution in [0, 0.1) is 0 Å². The summed E-state index contributed by atoms with van der Waals surface area (Å²) in [4.78, 5) is 44.8. The molecular weight excluding hydrogens is 400 g/mol. The maximum atomic E-state index is 12.4. The number of piperazine rings is 1. The number of nitrogens with zero attached hydrogens (tertiary/aromatic N) is 6. The lowest BCUT2D eigenvalue weighted by molar-refractivity contribution is -0.134. The Balaban J connectivity index is 1.27. The largest absolute Gasteiger partial charge is 0.452 e. The van der Waals surface area contributed by atoms with E-state index in [0.717, 1.165) is 5.82 Å². The molecule has 0 unspecified atom stereocenters. The molecule has 0 radical (unpaired) electrons. The smallest absolute Gasteiger partial charge is 0.338 e. The van der Waals surface area contributed by atoms with E-state index in [1.165, 1.54) is 24.7 Å². The standard InChI is InChI=1S/C21H20N6O4/c28-20(27-10-8-26(9-11-27)18-13-22-4-6-24-18)15-30-21(29)16-2-1-3-17(12-16)31-19-14-23-5-7-25-19/h1-7,12-14H,8-11,15H2. The molecule has 158 valence electrons. The summed E-state index contributed by atoms with van der Waals surface area (Å²) in [6.07, 6.45) is 9.46. The number of rotatable bonds is 6. The zero-order valence-electron chi connectivity index (χ0n) is 16.6. The van der Waals surface area contributed by atoms with Crippen molar-refractivity contribution < 1.29 is 19.1 Å². The van der Waals surface area contributed by atoms with Gasteiger partial charge in [-0.15, -0.1) is 0 Å². The lowest BCUT2D eigenvalue weighted by atomic mass is 10.2. The number of carbonyl (C=O) groups excluding carboxylic acids is 2. The Morgan fingerprint density at radius 1 is 0.935 bits per heavy atom. The Labute approximate surface area is 178 Å². The van der Waals surface area contributed by atoms with E-state index < -0.39 is 5.97 Å². The normalized spacial score (nSPS) is 13.5. The number of esters is 1. The zero-order chi connectivity index (χ0) is 21.5. The van der Waals surface area contributed by atoms with E-state index in [0.29, 0.717) is 37.8 Å². The Morgan fingerprint density at radius 2 is 1.71 bits per heavy atom. The third kappa shape index (κ3) is 5.30. The molecule has 0 atom stereocenters. The van der Waals surface area contributed by atoms with E-state index in [1.54, 1.807) is 41.7 Å². The first-order valence-corrected chi connectivity index (χ1v) is 9.69. The van der Waals surface area contributed by atoms with Gasteiger partial charge in [-0.1, -0.05) is 6.07 Å². The minimum absolute atomic E-state index is 0.237. The van der Waals surface area contributed by atoms with Crippen LogP contribution >= 0.6 is 0 Å². The van der Waals surface area contributed by atoms with Crippen molar-refractivity contribution in [3.05, 3.63) is 67.0 Å². The number of carbonyl (C=O) groups is 2. The van der Waals surface area contributed by atoms with E-state index in [9.17, 15) is 9.59 Å². The van der Waals surface area contributed by atoms with Gasteiger partial charge in [-0.25, -0.2) is 14.8 Å². The second-order valence-electron chi connectivity index (χ2n) is 6.68. The van der Waals surface area contributed by atoms with E-state index in [1.807, 2.05) is 0 Å². The highest BCUT2D eigenvalue weighted by molar-refractivity contribution is 5.91. The van der Waals surface area contributed by atoms with E-state index in [-0.39, 0.29) is 18.1 Å². The number of benzene rings is 1. The van der Waals surface area contributed by atoms with Gasteiger partial charge < -0.3 is 19.3 Å². The average Bonchev–Trinajstić information content (AvgIpc) is 2.84.